The molecule has 2 atom stereocenters. The molecule has 0 saturated heterocycles. The van der Waals surface area contributed by atoms with Gasteiger partial charge in [-0.05, 0) is 37.5 Å². The number of carbonyl (C=O) groups is 2. The van der Waals surface area contributed by atoms with Gasteiger partial charge in [-0.15, -0.1) is 0 Å². The number of carboxylic acids is 1. The molecule has 0 heterocycles. The van der Waals surface area contributed by atoms with Crippen molar-refractivity contribution < 1.29 is 18.9 Å². The Morgan fingerprint density at radius 2 is 1.85 bits per heavy atom. The molecule has 1 aliphatic rings. The van der Waals surface area contributed by atoms with E-state index in [0.29, 0.717) is 12.8 Å². The average molecular weight is 295 g/mol. The first-order valence-corrected chi connectivity index (χ1v) is 7.90. The molecule has 1 saturated carbocycles. The molecule has 1 aromatic carbocycles. The third-order valence-electron chi connectivity index (χ3n) is 3.65. The first kappa shape index (κ1) is 14.7. The van der Waals surface area contributed by atoms with Crippen LogP contribution >= 0.6 is 0 Å². The fourth-order valence-corrected chi connectivity index (χ4v) is 2.55. The predicted molar refractivity (Wildman–Crippen MR) is 74.6 cm³/mol. The second kappa shape index (κ2) is 5.36. The van der Waals surface area contributed by atoms with Crippen molar-refractivity contribution in [1.82, 2.24) is 5.32 Å². The summed E-state index contributed by atoms with van der Waals surface area (Å²) in [7, 11) is -1.04. The highest BCUT2D eigenvalue weighted by atomic mass is 32.2. The van der Waals surface area contributed by atoms with E-state index in [1.165, 1.54) is 0 Å². The van der Waals surface area contributed by atoms with Crippen LogP contribution in [0.1, 0.15) is 31.4 Å². The van der Waals surface area contributed by atoms with Crippen molar-refractivity contribution in [2.75, 3.05) is 6.26 Å². The summed E-state index contributed by atoms with van der Waals surface area (Å²) in [6.07, 6.45) is 2.40. The van der Waals surface area contributed by atoms with E-state index in [-0.39, 0.29) is 6.04 Å². The highest BCUT2D eigenvalue weighted by Gasteiger charge is 2.57. The topological polar surface area (TPSA) is 83.5 Å². The minimum Gasteiger partial charge on any atom is -0.480 e. The van der Waals surface area contributed by atoms with Crippen molar-refractivity contribution in [3.8, 4) is 0 Å². The molecule has 2 rings (SSSR count). The molecule has 1 aromatic rings. The summed E-state index contributed by atoms with van der Waals surface area (Å²) in [5.74, 6) is -1.49. The van der Waals surface area contributed by atoms with E-state index in [2.05, 4.69) is 5.32 Å². The Labute approximate surface area is 119 Å². The normalized spacial score (nSPS) is 18.9. The summed E-state index contributed by atoms with van der Waals surface area (Å²) < 4.78 is 11.3. The van der Waals surface area contributed by atoms with Gasteiger partial charge in [0.1, 0.15) is 5.41 Å². The molecular formula is C14H17NO4S. The van der Waals surface area contributed by atoms with Crippen LogP contribution in [0.3, 0.4) is 0 Å². The van der Waals surface area contributed by atoms with Gasteiger partial charge in [0.2, 0.25) is 5.91 Å². The molecule has 5 nitrogen and oxygen atoms in total. The van der Waals surface area contributed by atoms with Crippen LogP contribution in [0.25, 0.3) is 0 Å². The maximum absolute atomic E-state index is 12.0. The molecular weight excluding hydrogens is 278 g/mol. The van der Waals surface area contributed by atoms with Gasteiger partial charge in [-0.25, -0.2) is 0 Å². The summed E-state index contributed by atoms with van der Waals surface area (Å²) in [5.41, 5.74) is -0.368. The van der Waals surface area contributed by atoms with Crippen LogP contribution < -0.4 is 5.32 Å². The number of carboxylic acid groups (broad SMARTS) is 1. The Balaban J connectivity index is 2.05. The molecule has 2 N–H and O–H groups in total. The van der Waals surface area contributed by atoms with Gasteiger partial charge in [-0.1, -0.05) is 12.1 Å². The quantitative estimate of drug-likeness (QED) is 0.806. The number of hydrogen-bond acceptors (Lipinski definition) is 3. The van der Waals surface area contributed by atoms with Gasteiger partial charge < -0.3 is 10.4 Å². The number of carbonyl (C=O) groups excluding carboxylic acids is 1. The lowest BCUT2D eigenvalue weighted by molar-refractivity contribution is -0.149. The SMILES string of the molecule is CC(NC(=O)C1(C(=O)O)CC1)c1ccc(S(C)=O)cc1. The molecule has 20 heavy (non-hydrogen) atoms. The van der Waals surface area contributed by atoms with E-state index in [1.807, 2.05) is 0 Å². The van der Waals surface area contributed by atoms with Crippen molar-refractivity contribution >= 4 is 22.7 Å². The molecule has 1 amide bonds. The molecule has 108 valence electrons. The molecule has 0 spiro atoms. The Kier molecular flexibility index (Phi) is 3.94. The summed E-state index contributed by atoms with van der Waals surface area (Å²) >= 11 is 0. The van der Waals surface area contributed by atoms with Crippen LogP contribution in [-0.4, -0.2) is 27.4 Å². The van der Waals surface area contributed by atoms with Crippen LogP contribution in [0.2, 0.25) is 0 Å². The highest BCUT2D eigenvalue weighted by molar-refractivity contribution is 7.84. The predicted octanol–water partition coefficient (Wildman–Crippen LogP) is 1.47. The van der Waals surface area contributed by atoms with Gasteiger partial charge in [-0.3, -0.25) is 13.8 Å². The van der Waals surface area contributed by atoms with Crippen LogP contribution in [-0.2, 0) is 20.4 Å². The molecule has 6 heteroatoms. The van der Waals surface area contributed by atoms with Gasteiger partial charge in [0, 0.05) is 22.0 Å². The number of aliphatic carboxylic acids is 1. The minimum absolute atomic E-state index is 0.279. The molecule has 0 aliphatic heterocycles. The first-order valence-electron chi connectivity index (χ1n) is 6.34. The largest absolute Gasteiger partial charge is 0.480 e. The summed E-state index contributed by atoms with van der Waals surface area (Å²) in [4.78, 5) is 23.8. The Bertz CT molecular complexity index is 563. The summed E-state index contributed by atoms with van der Waals surface area (Å²) in [5, 5.41) is 11.8. The van der Waals surface area contributed by atoms with Crippen LogP contribution in [0.4, 0.5) is 0 Å². The van der Waals surface area contributed by atoms with E-state index in [0.717, 1.165) is 10.5 Å². The lowest BCUT2D eigenvalue weighted by Gasteiger charge is -2.17. The third kappa shape index (κ3) is 2.75. The number of amides is 1. The number of benzene rings is 1. The molecule has 1 fully saturated rings. The lowest BCUT2D eigenvalue weighted by Crippen LogP contribution is -2.38. The zero-order chi connectivity index (χ0) is 14.9. The van der Waals surface area contributed by atoms with Gasteiger partial charge in [-0.2, -0.15) is 0 Å². The molecule has 2 unspecified atom stereocenters. The van der Waals surface area contributed by atoms with E-state index in [1.54, 1.807) is 37.4 Å². The number of rotatable bonds is 5. The van der Waals surface area contributed by atoms with Gasteiger partial charge in [0.15, 0.2) is 0 Å². The second-order valence-corrected chi connectivity index (χ2v) is 6.49. The fourth-order valence-electron chi connectivity index (χ4n) is 2.03. The van der Waals surface area contributed by atoms with Crippen molar-refractivity contribution in [1.29, 1.82) is 0 Å². The van der Waals surface area contributed by atoms with Crippen LogP contribution in [0.5, 0.6) is 0 Å². The Morgan fingerprint density at radius 3 is 2.25 bits per heavy atom. The van der Waals surface area contributed by atoms with Crippen LogP contribution in [0, 0.1) is 5.41 Å². The van der Waals surface area contributed by atoms with E-state index >= 15 is 0 Å². The van der Waals surface area contributed by atoms with Gasteiger partial charge in [0.25, 0.3) is 0 Å². The molecule has 0 aromatic heterocycles. The summed E-state index contributed by atoms with van der Waals surface area (Å²) in [6, 6.07) is 6.80. The monoisotopic (exact) mass is 295 g/mol. The van der Waals surface area contributed by atoms with E-state index < -0.39 is 28.1 Å². The number of nitrogens with one attached hydrogen (secondary N) is 1. The number of hydrogen-bond donors (Lipinski definition) is 2. The third-order valence-corrected chi connectivity index (χ3v) is 4.59. The van der Waals surface area contributed by atoms with Crippen molar-refractivity contribution in [2.24, 2.45) is 5.41 Å². The Hall–Kier alpha value is -1.69. The molecule has 0 radical (unpaired) electrons. The minimum atomic E-state index is -1.22. The maximum Gasteiger partial charge on any atom is 0.319 e. The van der Waals surface area contributed by atoms with Gasteiger partial charge in [0.05, 0.1) is 6.04 Å². The standard InChI is InChI=1S/C14H17NO4S/c1-9(10-3-5-11(6-4-10)20(2)19)15-12(16)14(7-8-14)13(17)18/h3-6,9H,7-8H2,1-2H3,(H,15,16)(H,17,18). The smallest absolute Gasteiger partial charge is 0.319 e. The van der Waals surface area contributed by atoms with Crippen LogP contribution in [0.15, 0.2) is 29.2 Å². The second-order valence-electron chi connectivity index (χ2n) is 5.11. The van der Waals surface area contributed by atoms with E-state index in [4.69, 9.17) is 5.11 Å². The van der Waals surface area contributed by atoms with E-state index in [9.17, 15) is 13.8 Å². The van der Waals surface area contributed by atoms with Crippen molar-refractivity contribution in [2.45, 2.75) is 30.7 Å². The molecule has 1 aliphatic carbocycles. The van der Waals surface area contributed by atoms with Crippen molar-refractivity contribution in [3.05, 3.63) is 29.8 Å². The first-order chi connectivity index (χ1) is 9.36. The zero-order valence-electron chi connectivity index (χ0n) is 11.4. The lowest BCUT2D eigenvalue weighted by atomic mass is 10.0. The zero-order valence-corrected chi connectivity index (χ0v) is 12.2. The van der Waals surface area contributed by atoms with Gasteiger partial charge >= 0.3 is 5.97 Å². The molecule has 0 bridgehead atoms. The fraction of sp³-hybridized carbons (Fsp3) is 0.429. The van der Waals surface area contributed by atoms with Crippen molar-refractivity contribution in [3.63, 3.8) is 0 Å². The average Bonchev–Trinajstić information content (AvgIpc) is 3.20. The maximum atomic E-state index is 12.0. The Morgan fingerprint density at radius 1 is 1.30 bits per heavy atom. The highest BCUT2D eigenvalue weighted by Crippen LogP contribution is 2.46. The summed E-state index contributed by atoms with van der Waals surface area (Å²) in [6.45, 7) is 1.80.